The zero-order chi connectivity index (χ0) is 10.5. The lowest BCUT2D eigenvalue weighted by Crippen LogP contribution is -2.50. The van der Waals surface area contributed by atoms with Gasteiger partial charge in [0, 0.05) is 6.54 Å². The first-order valence-electron chi connectivity index (χ1n) is 3.90. The molecule has 0 saturated heterocycles. The highest BCUT2D eigenvalue weighted by atomic mass is 19.1. The van der Waals surface area contributed by atoms with E-state index >= 15 is 0 Å². The summed E-state index contributed by atoms with van der Waals surface area (Å²) >= 11 is 0. The molecule has 5 N–H and O–H groups in total. The fourth-order valence-electron chi connectivity index (χ4n) is 0.951. The van der Waals surface area contributed by atoms with E-state index in [-0.39, 0.29) is 6.42 Å². The van der Waals surface area contributed by atoms with Crippen molar-refractivity contribution in [1.29, 1.82) is 0 Å². The molecule has 0 rings (SSSR count). The number of carboxylic acids is 1. The maximum atomic E-state index is 12.3. The third-order valence-electron chi connectivity index (χ3n) is 1.72. The van der Waals surface area contributed by atoms with E-state index in [1.165, 1.54) is 0 Å². The Morgan fingerprint density at radius 1 is 1.69 bits per heavy atom. The molecule has 13 heavy (non-hydrogen) atoms. The third kappa shape index (κ3) is 3.52. The molecular formula is C8H15FN2O2. The van der Waals surface area contributed by atoms with Gasteiger partial charge in [-0.25, -0.2) is 4.39 Å². The van der Waals surface area contributed by atoms with Gasteiger partial charge in [0.15, 0.2) is 0 Å². The second-order valence-corrected chi connectivity index (χ2v) is 3.06. The Balaban J connectivity index is 4.45. The lowest BCUT2D eigenvalue weighted by atomic mass is 9.94. The van der Waals surface area contributed by atoms with Crippen molar-refractivity contribution in [2.45, 2.75) is 18.9 Å². The summed E-state index contributed by atoms with van der Waals surface area (Å²) in [7, 11) is 0. The van der Waals surface area contributed by atoms with Gasteiger partial charge in [0.05, 0.1) is 0 Å². The predicted octanol–water partition coefficient (Wildman–Crippen LogP) is 0.0331. The van der Waals surface area contributed by atoms with E-state index in [1.807, 2.05) is 0 Å². The van der Waals surface area contributed by atoms with Crippen LogP contribution in [0.3, 0.4) is 0 Å². The van der Waals surface area contributed by atoms with Gasteiger partial charge < -0.3 is 16.6 Å². The Morgan fingerprint density at radius 2 is 2.23 bits per heavy atom. The monoisotopic (exact) mass is 190 g/mol. The molecule has 0 aliphatic rings. The van der Waals surface area contributed by atoms with E-state index in [0.717, 1.165) is 0 Å². The van der Waals surface area contributed by atoms with Gasteiger partial charge in [0.1, 0.15) is 12.2 Å². The summed E-state index contributed by atoms with van der Waals surface area (Å²) in [5.41, 5.74) is 9.40. The number of hydrogen-bond acceptors (Lipinski definition) is 3. The fraction of sp³-hybridized carbons (Fsp3) is 0.625. The highest BCUT2D eigenvalue weighted by Gasteiger charge is 2.34. The van der Waals surface area contributed by atoms with E-state index < -0.39 is 18.2 Å². The minimum Gasteiger partial charge on any atom is -0.480 e. The van der Waals surface area contributed by atoms with Crippen LogP contribution in [-0.2, 0) is 4.79 Å². The summed E-state index contributed by atoms with van der Waals surface area (Å²) in [5, 5.41) is 8.63. The first-order valence-corrected chi connectivity index (χ1v) is 3.90. The number of aliphatic carboxylic acids is 1. The molecular weight excluding hydrogens is 175 g/mol. The van der Waals surface area contributed by atoms with Crippen molar-refractivity contribution >= 4 is 5.97 Å². The lowest BCUT2D eigenvalue weighted by Gasteiger charge is -2.20. The second-order valence-electron chi connectivity index (χ2n) is 3.06. The molecule has 0 aliphatic carbocycles. The Kier molecular flexibility index (Phi) is 4.58. The van der Waals surface area contributed by atoms with Gasteiger partial charge in [-0.15, -0.1) is 0 Å². The molecule has 1 unspecified atom stereocenters. The Morgan fingerprint density at radius 3 is 2.54 bits per heavy atom. The molecule has 0 aromatic rings. The number of carbonyl (C=O) groups is 1. The molecule has 0 radical (unpaired) electrons. The molecule has 5 heteroatoms. The highest BCUT2D eigenvalue weighted by molar-refractivity contribution is 5.79. The molecule has 1 atom stereocenters. The summed E-state index contributed by atoms with van der Waals surface area (Å²) in [4.78, 5) is 10.6. The van der Waals surface area contributed by atoms with Crippen LogP contribution in [0.1, 0.15) is 13.3 Å². The summed E-state index contributed by atoms with van der Waals surface area (Å²) in [6.07, 6.45) is 1.61. The zero-order valence-electron chi connectivity index (χ0n) is 7.59. The van der Waals surface area contributed by atoms with Gasteiger partial charge in [-0.1, -0.05) is 11.6 Å². The maximum Gasteiger partial charge on any atom is 0.326 e. The average Bonchev–Trinajstić information content (AvgIpc) is 2.04. The standard InChI is InChI=1S/C8H15FN2O2/c1-6(2-3-10)4-8(11,5-9)7(12)13/h2H,3-5,10-11H2,1H3,(H,12,13)/b6-2+. The molecule has 0 fully saturated rings. The van der Waals surface area contributed by atoms with Crippen LogP contribution in [0.2, 0.25) is 0 Å². The average molecular weight is 190 g/mol. The highest BCUT2D eigenvalue weighted by Crippen LogP contribution is 2.14. The Labute approximate surface area is 76.4 Å². The summed E-state index contributed by atoms with van der Waals surface area (Å²) in [6.45, 7) is 0.888. The molecule has 0 aliphatic heterocycles. The van der Waals surface area contributed by atoms with Gasteiger partial charge in [0.25, 0.3) is 0 Å². The molecule has 0 amide bonds. The van der Waals surface area contributed by atoms with Crippen molar-refractivity contribution in [3.05, 3.63) is 11.6 Å². The molecule has 4 nitrogen and oxygen atoms in total. The summed E-state index contributed by atoms with van der Waals surface area (Å²) < 4.78 is 12.3. The molecule has 0 spiro atoms. The van der Waals surface area contributed by atoms with Crippen LogP contribution in [-0.4, -0.2) is 29.8 Å². The maximum absolute atomic E-state index is 12.3. The SMILES string of the molecule is C/C(=C\CN)CC(N)(CF)C(=O)O. The molecule has 0 aromatic carbocycles. The van der Waals surface area contributed by atoms with Crippen LogP contribution in [0.4, 0.5) is 4.39 Å². The van der Waals surface area contributed by atoms with Crippen LogP contribution in [0.5, 0.6) is 0 Å². The van der Waals surface area contributed by atoms with Crippen LogP contribution >= 0.6 is 0 Å². The van der Waals surface area contributed by atoms with Crippen molar-refractivity contribution in [1.82, 2.24) is 0 Å². The molecule has 0 bridgehead atoms. The first kappa shape index (κ1) is 12.1. The van der Waals surface area contributed by atoms with E-state index in [0.29, 0.717) is 12.1 Å². The van der Waals surface area contributed by atoms with Crippen LogP contribution in [0.25, 0.3) is 0 Å². The number of hydrogen-bond donors (Lipinski definition) is 3. The smallest absolute Gasteiger partial charge is 0.326 e. The van der Waals surface area contributed by atoms with Crippen molar-refractivity contribution in [3.63, 3.8) is 0 Å². The van der Waals surface area contributed by atoms with E-state index in [4.69, 9.17) is 16.6 Å². The van der Waals surface area contributed by atoms with Gasteiger partial charge in [-0.2, -0.15) is 0 Å². The number of alkyl halides is 1. The number of halogens is 1. The topological polar surface area (TPSA) is 89.3 Å². The number of carboxylic acid groups (broad SMARTS) is 1. The quantitative estimate of drug-likeness (QED) is 0.534. The fourth-order valence-corrected chi connectivity index (χ4v) is 0.951. The molecule has 0 saturated carbocycles. The summed E-state index contributed by atoms with van der Waals surface area (Å²) in [5.74, 6) is -1.33. The van der Waals surface area contributed by atoms with Crippen LogP contribution in [0, 0.1) is 0 Å². The van der Waals surface area contributed by atoms with Gasteiger partial charge in [-0.3, -0.25) is 4.79 Å². The van der Waals surface area contributed by atoms with Gasteiger partial charge in [0.2, 0.25) is 0 Å². The third-order valence-corrected chi connectivity index (χ3v) is 1.72. The minimum atomic E-state index is -1.81. The minimum absolute atomic E-state index is 0.0178. The van der Waals surface area contributed by atoms with Crippen molar-refractivity contribution < 1.29 is 14.3 Å². The molecule has 76 valence electrons. The van der Waals surface area contributed by atoms with Crippen molar-refractivity contribution in [2.75, 3.05) is 13.2 Å². The second kappa shape index (κ2) is 4.94. The zero-order valence-corrected chi connectivity index (χ0v) is 7.59. The van der Waals surface area contributed by atoms with Gasteiger partial charge in [-0.05, 0) is 13.3 Å². The first-order chi connectivity index (χ1) is 5.96. The largest absolute Gasteiger partial charge is 0.480 e. The Hall–Kier alpha value is -0.940. The normalized spacial score (nSPS) is 16.8. The van der Waals surface area contributed by atoms with E-state index in [1.54, 1.807) is 13.0 Å². The lowest BCUT2D eigenvalue weighted by molar-refractivity contribution is -0.143. The van der Waals surface area contributed by atoms with Gasteiger partial charge >= 0.3 is 5.97 Å². The van der Waals surface area contributed by atoms with E-state index in [2.05, 4.69) is 0 Å². The summed E-state index contributed by atoms with van der Waals surface area (Å²) in [6, 6.07) is 0. The van der Waals surface area contributed by atoms with Crippen LogP contribution < -0.4 is 11.5 Å². The van der Waals surface area contributed by atoms with E-state index in [9.17, 15) is 9.18 Å². The van der Waals surface area contributed by atoms with Crippen molar-refractivity contribution in [3.8, 4) is 0 Å². The van der Waals surface area contributed by atoms with Crippen molar-refractivity contribution in [2.24, 2.45) is 11.5 Å². The molecule has 0 heterocycles. The number of rotatable bonds is 5. The number of nitrogens with two attached hydrogens (primary N) is 2. The molecule has 0 aromatic heterocycles. The predicted molar refractivity (Wildman–Crippen MR) is 48.0 cm³/mol. The Bertz CT molecular complexity index is 218. The van der Waals surface area contributed by atoms with Crippen LogP contribution in [0.15, 0.2) is 11.6 Å².